The molecule has 4 nitrogen and oxygen atoms in total. The van der Waals surface area contributed by atoms with E-state index < -0.39 is 0 Å². The molecule has 0 aliphatic rings. The van der Waals surface area contributed by atoms with E-state index in [1.807, 2.05) is 72.4 Å². The van der Waals surface area contributed by atoms with Gasteiger partial charge in [0.25, 0.3) is 5.91 Å². The second-order valence-corrected chi connectivity index (χ2v) is 5.16. The maximum atomic E-state index is 12.5. The molecule has 0 aliphatic carbocycles. The molecule has 0 atom stereocenters. The molecule has 22 heavy (non-hydrogen) atoms. The molecule has 1 heterocycles. The molecule has 0 spiro atoms. The van der Waals surface area contributed by atoms with Gasteiger partial charge >= 0.3 is 0 Å². The number of nitrogens with zero attached hydrogens (tertiary/aromatic N) is 3. The molecule has 0 radical (unpaired) electrons. The Labute approximate surface area is 129 Å². The highest BCUT2D eigenvalue weighted by Crippen LogP contribution is 2.12. The average Bonchev–Trinajstić information content (AvgIpc) is 3.10. The van der Waals surface area contributed by atoms with Crippen LogP contribution in [0.5, 0.6) is 0 Å². The number of amides is 1. The van der Waals surface area contributed by atoms with Crippen LogP contribution in [0.4, 0.5) is 0 Å². The Kier molecular flexibility index (Phi) is 4.01. The fourth-order valence-corrected chi connectivity index (χ4v) is 2.34. The van der Waals surface area contributed by atoms with Crippen LogP contribution in [-0.2, 0) is 6.54 Å². The first kappa shape index (κ1) is 14.1. The zero-order chi connectivity index (χ0) is 15.4. The van der Waals surface area contributed by atoms with E-state index >= 15 is 0 Å². The van der Waals surface area contributed by atoms with E-state index in [-0.39, 0.29) is 5.91 Å². The van der Waals surface area contributed by atoms with E-state index in [0.717, 1.165) is 11.3 Å². The number of carbonyl (C=O) groups is 1. The summed E-state index contributed by atoms with van der Waals surface area (Å²) in [6.07, 6.45) is 5.34. The highest BCUT2D eigenvalue weighted by Gasteiger charge is 2.12. The van der Waals surface area contributed by atoms with Crippen LogP contribution in [0.3, 0.4) is 0 Å². The number of hydrogen-bond donors (Lipinski definition) is 0. The van der Waals surface area contributed by atoms with Gasteiger partial charge in [0.05, 0.1) is 6.33 Å². The summed E-state index contributed by atoms with van der Waals surface area (Å²) in [7, 11) is 1.82. The summed E-state index contributed by atoms with van der Waals surface area (Å²) >= 11 is 0. The van der Waals surface area contributed by atoms with Crippen LogP contribution in [0, 0.1) is 0 Å². The second kappa shape index (κ2) is 6.26. The third-order valence-corrected chi connectivity index (χ3v) is 3.53. The van der Waals surface area contributed by atoms with Gasteiger partial charge in [0.1, 0.15) is 0 Å². The molecule has 1 amide bonds. The molecule has 4 heteroatoms. The Balaban J connectivity index is 1.72. The molecular formula is C18H17N3O. The summed E-state index contributed by atoms with van der Waals surface area (Å²) in [5.74, 6) is 0.0148. The summed E-state index contributed by atoms with van der Waals surface area (Å²) < 4.78 is 1.90. The quantitative estimate of drug-likeness (QED) is 0.740. The van der Waals surface area contributed by atoms with Crippen molar-refractivity contribution in [2.75, 3.05) is 7.05 Å². The first-order valence-corrected chi connectivity index (χ1v) is 7.12. The van der Waals surface area contributed by atoms with Gasteiger partial charge in [0, 0.05) is 37.2 Å². The van der Waals surface area contributed by atoms with Crippen molar-refractivity contribution in [1.82, 2.24) is 14.5 Å². The van der Waals surface area contributed by atoms with Gasteiger partial charge in [-0.1, -0.05) is 30.3 Å². The van der Waals surface area contributed by atoms with Crippen LogP contribution >= 0.6 is 0 Å². The maximum Gasteiger partial charge on any atom is 0.253 e. The SMILES string of the molecule is CN(Cc1ccccc1)C(=O)c1ccc(-n2ccnc2)cc1. The Bertz CT molecular complexity index is 734. The topological polar surface area (TPSA) is 38.1 Å². The van der Waals surface area contributed by atoms with Crippen molar-refractivity contribution >= 4 is 5.91 Å². The molecule has 0 bridgehead atoms. The van der Waals surface area contributed by atoms with Crippen LogP contribution < -0.4 is 0 Å². The Morgan fingerprint density at radius 3 is 2.45 bits per heavy atom. The lowest BCUT2D eigenvalue weighted by Crippen LogP contribution is -2.26. The minimum atomic E-state index is 0.0148. The number of aromatic nitrogens is 2. The smallest absolute Gasteiger partial charge is 0.253 e. The Hall–Kier alpha value is -2.88. The largest absolute Gasteiger partial charge is 0.337 e. The van der Waals surface area contributed by atoms with Crippen LogP contribution in [-0.4, -0.2) is 27.4 Å². The van der Waals surface area contributed by atoms with Crippen molar-refractivity contribution in [3.05, 3.63) is 84.4 Å². The summed E-state index contributed by atoms with van der Waals surface area (Å²) in [6, 6.07) is 17.5. The number of carbonyl (C=O) groups excluding carboxylic acids is 1. The van der Waals surface area contributed by atoms with Gasteiger partial charge in [-0.2, -0.15) is 0 Å². The highest BCUT2D eigenvalue weighted by molar-refractivity contribution is 5.94. The van der Waals surface area contributed by atoms with Gasteiger partial charge in [-0.15, -0.1) is 0 Å². The van der Waals surface area contributed by atoms with Gasteiger partial charge in [-0.05, 0) is 29.8 Å². The van der Waals surface area contributed by atoms with Crippen molar-refractivity contribution in [2.45, 2.75) is 6.54 Å². The lowest BCUT2D eigenvalue weighted by atomic mass is 10.1. The minimum Gasteiger partial charge on any atom is -0.337 e. The number of benzene rings is 2. The van der Waals surface area contributed by atoms with Crippen LogP contribution in [0.15, 0.2) is 73.3 Å². The fraction of sp³-hybridized carbons (Fsp3) is 0.111. The summed E-state index contributed by atoms with van der Waals surface area (Å²) in [5, 5.41) is 0. The molecule has 0 saturated heterocycles. The zero-order valence-corrected chi connectivity index (χ0v) is 12.4. The van der Waals surface area contributed by atoms with Crippen molar-refractivity contribution in [2.24, 2.45) is 0 Å². The molecule has 0 N–H and O–H groups in total. The number of rotatable bonds is 4. The first-order chi connectivity index (χ1) is 10.7. The molecule has 2 aromatic carbocycles. The first-order valence-electron chi connectivity index (χ1n) is 7.12. The molecule has 0 fully saturated rings. The molecule has 0 unspecified atom stereocenters. The van der Waals surface area contributed by atoms with Crippen molar-refractivity contribution < 1.29 is 4.79 Å². The van der Waals surface area contributed by atoms with Gasteiger partial charge in [-0.25, -0.2) is 4.98 Å². The predicted molar refractivity (Wildman–Crippen MR) is 85.8 cm³/mol. The van der Waals surface area contributed by atoms with E-state index in [1.54, 1.807) is 17.4 Å². The van der Waals surface area contributed by atoms with Gasteiger partial charge in [-0.3, -0.25) is 4.79 Å². The van der Waals surface area contributed by atoms with E-state index in [2.05, 4.69) is 4.98 Å². The molecule has 3 aromatic rings. The van der Waals surface area contributed by atoms with E-state index in [4.69, 9.17) is 0 Å². The minimum absolute atomic E-state index is 0.0148. The van der Waals surface area contributed by atoms with E-state index in [9.17, 15) is 4.79 Å². The van der Waals surface area contributed by atoms with Crippen molar-refractivity contribution in [3.8, 4) is 5.69 Å². The number of hydrogen-bond acceptors (Lipinski definition) is 2. The van der Waals surface area contributed by atoms with Crippen molar-refractivity contribution in [3.63, 3.8) is 0 Å². The molecular weight excluding hydrogens is 274 g/mol. The Morgan fingerprint density at radius 2 is 1.82 bits per heavy atom. The van der Waals surface area contributed by atoms with E-state index in [1.165, 1.54) is 0 Å². The van der Waals surface area contributed by atoms with Crippen LogP contribution in [0.1, 0.15) is 15.9 Å². The molecule has 3 rings (SSSR count). The summed E-state index contributed by atoms with van der Waals surface area (Å²) in [5.41, 5.74) is 2.79. The molecule has 1 aromatic heterocycles. The standard InChI is InChI=1S/C18H17N3O/c1-20(13-15-5-3-2-4-6-15)18(22)16-7-9-17(10-8-16)21-12-11-19-14-21/h2-12,14H,13H2,1H3. The maximum absolute atomic E-state index is 12.5. The van der Waals surface area contributed by atoms with Crippen molar-refractivity contribution in [1.29, 1.82) is 0 Å². The highest BCUT2D eigenvalue weighted by atomic mass is 16.2. The molecule has 0 aliphatic heterocycles. The monoisotopic (exact) mass is 291 g/mol. The Morgan fingerprint density at radius 1 is 1.09 bits per heavy atom. The van der Waals surface area contributed by atoms with Crippen LogP contribution in [0.25, 0.3) is 5.69 Å². The lowest BCUT2D eigenvalue weighted by Gasteiger charge is -2.17. The average molecular weight is 291 g/mol. The summed E-state index contributed by atoms with van der Waals surface area (Å²) in [4.78, 5) is 18.2. The van der Waals surface area contributed by atoms with E-state index in [0.29, 0.717) is 12.1 Å². The summed E-state index contributed by atoms with van der Waals surface area (Å²) in [6.45, 7) is 0.600. The van der Waals surface area contributed by atoms with Crippen LogP contribution in [0.2, 0.25) is 0 Å². The third-order valence-electron chi connectivity index (χ3n) is 3.53. The zero-order valence-electron chi connectivity index (χ0n) is 12.4. The molecule has 0 saturated carbocycles. The predicted octanol–water partition coefficient (Wildman–Crippen LogP) is 3.14. The third kappa shape index (κ3) is 3.06. The molecule has 110 valence electrons. The fourth-order valence-electron chi connectivity index (χ4n) is 2.34. The normalized spacial score (nSPS) is 10.4. The van der Waals surface area contributed by atoms with Gasteiger partial charge in [0.15, 0.2) is 0 Å². The van der Waals surface area contributed by atoms with Gasteiger partial charge < -0.3 is 9.47 Å². The lowest BCUT2D eigenvalue weighted by molar-refractivity contribution is 0.0785. The van der Waals surface area contributed by atoms with Gasteiger partial charge in [0.2, 0.25) is 0 Å². The second-order valence-electron chi connectivity index (χ2n) is 5.16. The number of imidazole rings is 1.